The van der Waals surface area contributed by atoms with Crippen LogP contribution in [0.3, 0.4) is 0 Å². The normalized spacial score (nSPS) is 24.5. The number of fused-ring (bicyclic) bond motifs is 2. The van der Waals surface area contributed by atoms with E-state index in [1.807, 2.05) is 36.4 Å². The van der Waals surface area contributed by atoms with E-state index in [-0.39, 0.29) is 25.2 Å². The van der Waals surface area contributed by atoms with Crippen LogP contribution in [0.5, 0.6) is 17.2 Å². The molecule has 2 aromatic rings. The Kier molecular flexibility index (Phi) is 7.89. The van der Waals surface area contributed by atoms with Crippen molar-refractivity contribution < 1.29 is 56.4 Å². The van der Waals surface area contributed by atoms with Gasteiger partial charge in [0.1, 0.15) is 11.3 Å². The smallest absolute Gasteiger partial charge is 0.490 e. The van der Waals surface area contributed by atoms with Crippen LogP contribution in [0, 0.1) is 11.8 Å². The van der Waals surface area contributed by atoms with Crippen LogP contribution < -0.4 is 19.5 Å². The van der Waals surface area contributed by atoms with Gasteiger partial charge in [0.15, 0.2) is 11.5 Å². The number of rotatable bonds is 5. The van der Waals surface area contributed by atoms with E-state index in [0.717, 1.165) is 16.7 Å². The molecular weight excluding hydrogens is 553 g/mol. The monoisotopic (exact) mass is 580 g/mol. The van der Waals surface area contributed by atoms with Crippen molar-refractivity contribution in [2.24, 2.45) is 11.8 Å². The number of carbonyl (C=O) groups excluding carboxylic acids is 3. The Hall–Kier alpha value is -4.33. The lowest BCUT2D eigenvalue weighted by Gasteiger charge is -2.28. The van der Waals surface area contributed by atoms with E-state index >= 15 is 0 Å². The fraction of sp³-hybridized carbons (Fsp3) is 0.407. The van der Waals surface area contributed by atoms with Crippen LogP contribution in [-0.4, -0.2) is 73.0 Å². The van der Waals surface area contributed by atoms with E-state index < -0.39 is 41.5 Å². The summed E-state index contributed by atoms with van der Waals surface area (Å²) in [7, 11) is 2.85. The third-order valence-corrected chi connectivity index (χ3v) is 7.32. The number of amides is 2. The van der Waals surface area contributed by atoms with Crippen LogP contribution in [0.4, 0.5) is 13.2 Å². The maximum absolute atomic E-state index is 13.2. The number of alkyl halides is 3. The van der Waals surface area contributed by atoms with Gasteiger partial charge in [0.2, 0.25) is 18.6 Å². The first kappa shape index (κ1) is 29.6. The molecule has 2 saturated heterocycles. The van der Waals surface area contributed by atoms with E-state index in [0.29, 0.717) is 17.2 Å². The van der Waals surface area contributed by atoms with Crippen LogP contribution in [0.25, 0.3) is 11.1 Å². The summed E-state index contributed by atoms with van der Waals surface area (Å²) in [6, 6.07) is 10.7. The van der Waals surface area contributed by atoms with Crippen molar-refractivity contribution in [3.63, 3.8) is 0 Å². The van der Waals surface area contributed by atoms with Gasteiger partial charge < -0.3 is 24.1 Å². The number of aliphatic carboxylic acids is 1. The summed E-state index contributed by atoms with van der Waals surface area (Å²) in [6.07, 6.45) is -5.08. The highest BCUT2D eigenvalue weighted by Crippen LogP contribution is 2.50. The van der Waals surface area contributed by atoms with Gasteiger partial charge in [0.25, 0.3) is 0 Å². The first-order valence-corrected chi connectivity index (χ1v) is 12.4. The summed E-state index contributed by atoms with van der Waals surface area (Å²) in [5.41, 5.74) is 1.12. The third-order valence-electron chi connectivity index (χ3n) is 7.32. The summed E-state index contributed by atoms with van der Waals surface area (Å²) in [5, 5.41) is 10.4. The Bertz CT molecular complexity index is 1400. The second-order valence-electron chi connectivity index (χ2n) is 9.57. The molecule has 0 aromatic heterocycles. The molecule has 3 aliphatic rings. The molecule has 3 unspecified atom stereocenters. The largest absolute Gasteiger partial charge is 0.496 e. The van der Waals surface area contributed by atoms with Crippen LogP contribution >= 0.6 is 0 Å². The summed E-state index contributed by atoms with van der Waals surface area (Å²) >= 11 is 0. The predicted molar refractivity (Wildman–Crippen MR) is 134 cm³/mol. The molecule has 2 fully saturated rings. The fourth-order valence-electron chi connectivity index (χ4n) is 5.40. The van der Waals surface area contributed by atoms with Crippen LogP contribution in [-0.2, 0) is 23.9 Å². The number of carboxylic acids is 1. The lowest BCUT2D eigenvalue weighted by atomic mass is 9.80. The quantitative estimate of drug-likeness (QED) is 0.401. The number of methoxy groups -OCH3 is 2. The van der Waals surface area contributed by atoms with Crippen molar-refractivity contribution in [3.8, 4) is 28.4 Å². The van der Waals surface area contributed by atoms with E-state index in [1.54, 1.807) is 21.0 Å². The molecule has 0 aliphatic carbocycles. The van der Waals surface area contributed by atoms with Gasteiger partial charge in [0, 0.05) is 18.2 Å². The molecule has 2 amide bonds. The van der Waals surface area contributed by atoms with Gasteiger partial charge in [-0.3, -0.25) is 24.6 Å². The second-order valence-corrected chi connectivity index (χ2v) is 9.57. The molecule has 0 bridgehead atoms. The number of benzene rings is 2. The van der Waals surface area contributed by atoms with Gasteiger partial charge in [-0.2, -0.15) is 13.2 Å². The summed E-state index contributed by atoms with van der Waals surface area (Å²) < 4.78 is 53.3. The van der Waals surface area contributed by atoms with Gasteiger partial charge >= 0.3 is 18.1 Å². The van der Waals surface area contributed by atoms with E-state index in [2.05, 4.69) is 5.32 Å². The highest BCUT2D eigenvalue weighted by atomic mass is 19.4. The zero-order valence-corrected chi connectivity index (χ0v) is 22.4. The lowest BCUT2D eigenvalue weighted by Crippen LogP contribution is -2.53. The minimum absolute atomic E-state index is 0.186. The maximum atomic E-state index is 13.2. The van der Waals surface area contributed by atoms with Crippen LogP contribution in [0.2, 0.25) is 0 Å². The molecule has 0 radical (unpaired) electrons. The molecule has 41 heavy (non-hydrogen) atoms. The Morgan fingerprint density at radius 2 is 1.76 bits per heavy atom. The molecule has 0 saturated carbocycles. The fourth-order valence-corrected chi connectivity index (χ4v) is 5.40. The first-order chi connectivity index (χ1) is 19.3. The number of halogens is 3. The van der Waals surface area contributed by atoms with E-state index in [1.165, 1.54) is 12.0 Å². The molecular formula is C27H27F3N2O9. The van der Waals surface area contributed by atoms with Crippen LogP contribution in [0.15, 0.2) is 36.4 Å². The molecule has 11 nitrogen and oxygen atoms in total. The third kappa shape index (κ3) is 5.14. The second kappa shape index (κ2) is 10.9. The van der Waals surface area contributed by atoms with Gasteiger partial charge in [-0.1, -0.05) is 18.2 Å². The minimum atomic E-state index is -5.08. The molecule has 2 aromatic carbocycles. The summed E-state index contributed by atoms with van der Waals surface area (Å²) in [6.45, 7) is 3.81. The number of nitrogens with zero attached hydrogens (tertiary/aromatic N) is 1. The van der Waals surface area contributed by atoms with Gasteiger partial charge in [-0.05, 0) is 43.2 Å². The molecule has 220 valence electrons. The number of hydrogen-bond acceptors (Lipinski definition) is 9. The Labute approximate surface area is 232 Å². The molecule has 3 heterocycles. The van der Waals surface area contributed by atoms with E-state index in [4.69, 9.17) is 28.8 Å². The number of nitrogens with one attached hydrogen (secondary N) is 1. The zero-order valence-electron chi connectivity index (χ0n) is 22.4. The van der Waals surface area contributed by atoms with Crippen LogP contribution in [0.1, 0.15) is 25.5 Å². The SMILES string of the molecule is CCN1C(=O)C2C(c3ccc(-c4ccc5c(c4)OCO5)c(OC)c3)N[C@@](C)(C(=O)OC)C2C1=O.O=C(O)C(F)(F)F. The number of esters is 1. The highest BCUT2D eigenvalue weighted by Gasteiger charge is 2.66. The number of imide groups is 1. The number of carbonyl (C=O) groups is 4. The average molecular weight is 581 g/mol. The molecule has 3 aliphatic heterocycles. The molecule has 14 heteroatoms. The van der Waals surface area contributed by atoms with Crippen molar-refractivity contribution in [2.45, 2.75) is 31.6 Å². The summed E-state index contributed by atoms with van der Waals surface area (Å²) in [4.78, 5) is 49.2. The molecule has 4 atom stereocenters. The van der Waals surface area contributed by atoms with Gasteiger partial charge in [0.05, 0.1) is 26.1 Å². The average Bonchev–Trinajstić information content (AvgIpc) is 3.61. The lowest BCUT2D eigenvalue weighted by molar-refractivity contribution is -0.192. The Morgan fingerprint density at radius 1 is 1.10 bits per heavy atom. The zero-order chi connectivity index (χ0) is 30.3. The standard InChI is InChI=1S/C25H26N2O7.C2HF3O2/c1-5-27-22(28)19-20(23(27)29)25(2,24(30)32-4)26-21(19)14-6-8-15(17(11-14)31-3)13-7-9-16-18(10-13)34-12-33-16;3-2(4,5)1(6)7/h6-11,19-21,26H,5,12H2,1-4H3;(H,6,7)/t19?,20?,21?,25-;/m1./s1. The minimum Gasteiger partial charge on any atom is -0.496 e. The Morgan fingerprint density at radius 3 is 2.34 bits per heavy atom. The van der Waals surface area contributed by atoms with Gasteiger partial charge in [-0.25, -0.2) is 4.79 Å². The van der Waals surface area contributed by atoms with Crippen molar-refractivity contribution >= 4 is 23.8 Å². The van der Waals surface area contributed by atoms with Gasteiger partial charge in [-0.15, -0.1) is 0 Å². The Balaban J connectivity index is 0.000000493. The maximum Gasteiger partial charge on any atom is 0.490 e. The highest BCUT2D eigenvalue weighted by molar-refractivity contribution is 6.09. The topological polar surface area (TPSA) is 141 Å². The number of carboxylic acid groups (broad SMARTS) is 1. The predicted octanol–water partition coefficient (Wildman–Crippen LogP) is 2.92. The van der Waals surface area contributed by atoms with Crippen molar-refractivity contribution in [2.75, 3.05) is 27.6 Å². The number of hydrogen-bond donors (Lipinski definition) is 2. The van der Waals surface area contributed by atoms with E-state index in [9.17, 15) is 27.6 Å². The van der Waals surface area contributed by atoms with Crippen molar-refractivity contribution in [3.05, 3.63) is 42.0 Å². The van der Waals surface area contributed by atoms with Crippen molar-refractivity contribution in [1.29, 1.82) is 0 Å². The first-order valence-electron chi connectivity index (χ1n) is 12.4. The summed E-state index contributed by atoms with van der Waals surface area (Å²) in [5.74, 6) is -3.62. The molecule has 0 spiro atoms. The molecule has 5 rings (SSSR count). The number of ether oxygens (including phenoxy) is 4. The number of likely N-dealkylation sites (tertiary alicyclic amines) is 1. The molecule has 2 N–H and O–H groups in total. The van der Waals surface area contributed by atoms with Crippen molar-refractivity contribution in [1.82, 2.24) is 10.2 Å².